The summed E-state index contributed by atoms with van der Waals surface area (Å²) in [4.78, 5) is 1.76. The standard InChI is InChI=1S/C21H26F2N2O2S/c22-18-9-12-20(23)21(16-18)28(26,27)24-13-5-6-17-7-10-19(11-8-17)25-14-3-1-2-4-15-25/h7-12,16,24H,1-6,13-15H2. The van der Waals surface area contributed by atoms with Crippen LogP contribution in [0.1, 0.15) is 37.7 Å². The summed E-state index contributed by atoms with van der Waals surface area (Å²) >= 11 is 0. The quantitative estimate of drug-likeness (QED) is 0.697. The molecule has 1 N–H and O–H groups in total. The lowest BCUT2D eigenvalue weighted by molar-refractivity contribution is 0.544. The molecule has 0 bridgehead atoms. The van der Waals surface area contributed by atoms with Gasteiger partial charge >= 0.3 is 0 Å². The first-order chi connectivity index (χ1) is 13.5. The molecule has 1 aliphatic heterocycles. The van der Waals surface area contributed by atoms with Gasteiger partial charge in [-0.1, -0.05) is 25.0 Å². The molecule has 0 amide bonds. The second-order valence-electron chi connectivity index (χ2n) is 7.14. The minimum atomic E-state index is -4.06. The summed E-state index contributed by atoms with van der Waals surface area (Å²) in [6.07, 6.45) is 6.32. The van der Waals surface area contributed by atoms with Gasteiger partial charge in [0.2, 0.25) is 10.0 Å². The van der Waals surface area contributed by atoms with Crippen molar-refractivity contribution >= 4 is 15.7 Å². The molecular weight excluding hydrogens is 382 g/mol. The lowest BCUT2D eigenvalue weighted by Crippen LogP contribution is -2.26. The summed E-state index contributed by atoms with van der Waals surface area (Å²) in [5.74, 6) is -1.75. The van der Waals surface area contributed by atoms with Crippen LogP contribution in [-0.2, 0) is 16.4 Å². The first-order valence-electron chi connectivity index (χ1n) is 9.74. The van der Waals surface area contributed by atoms with E-state index in [0.29, 0.717) is 18.9 Å². The van der Waals surface area contributed by atoms with Crippen LogP contribution >= 0.6 is 0 Å². The molecule has 1 fully saturated rings. The van der Waals surface area contributed by atoms with E-state index in [1.807, 2.05) is 0 Å². The highest BCUT2D eigenvalue weighted by Gasteiger charge is 2.19. The fraction of sp³-hybridized carbons (Fsp3) is 0.429. The lowest BCUT2D eigenvalue weighted by Gasteiger charge is -2.22. The maximum Gasteiger partial charge on any atom is 0.243 e. The van der Waals surface area contributed by atoms with Crippen LogP contribution in [0, 0.1) is 11.6 Å². The van der Waals surface area contributed by atoms with E-state index in [4.69, 9.17) is 0 Å². The van der Waals surface area contributed by atoms with Crippen molar-refractivity contribution in [1.82, 2.24) is 4.72 Å². The molecule has 0 atom stereocenters. The van der Waals surface area contributed by atoms with Crippen molar-refractivity contribution in [2.24, 2.45) is 0 Å². The molecule has 1 aliphatic rings. The summed E-state index contributed by atoms with van der Waals surface area (Å²) < 4.78 is 53.5. The highest BCUT2D eigenvalue weighted by atomic mass is 32.2. The Labute approximate surface area is 165 Å². The van der Waals surface area contributed by atoms with E-state index in [1.165, 1.54) is 31.4 Å². The summed E-state index contributed by atoms with van der Waals surface area (Å²) in [5.41, 5.74) is 2.35. The number of benzene rings is 2. The van der Waals surface area contributed by atoms with Gasteiger partial charge in [0.25, 0.3) is 0 Å². The van der Waals surface area contributed by atoms with Gasteiger partial charge in [-0.05, 0) is 61.6 Å². The first-order valence-corrected chi connectivity index (χ1v) is 11.2. The fourth-order valence-corrected chi connectivity index (χ4v) is 4.62. The minimum absolute atomic E-state index is 0.159. The molecule has 0 aromatic heterocycles. The molecule has 0 saturated carbocycles. The molecule has 4 nitrogen and oxygen atoms in total. The van der Waals surface area contributed by atoms with Crippen molar-refractivity contribution < 1.29 is 17.2 Å². The summed E-state index contributed by atoms with van der Waals surface area (Å²) in [5, 5.41) is 0. The van der Waals surface area contributed by atoms with Crippen LogP contribution in [0.25, 0.3) is 0 Å². The van der Waals surface area contributed by atoms with Gasteiger partial charge in [-0.25, -0.2) is 21.9 Å². The Morgan fingerprint density at radius 2 is 1.61 bits per heavy atom. The van der Waals surface area contributed by atoms with Crippen LogP contribution in [0.15, 0.2) is 47.4 Å². The molecule has 0 spiro atoms. The maximum atomic E-state index is 13.7. The molecule has 7 heteroatoms. The number of sulfonamides is 1. The largest absolute Gasteiger partial charge is 0.372 e. The fourth-order valence-electron chi connectivity index (χ4n) is 3.46. The number of halogens is 2. The van der Waals surface area contributed by atoms with E-state index in [-0.39, 0.29) is 6.54 Å². The van der Waals surface area contributed by atoms with Crippen molar-refractivity contribution in [1.29, 1.82) is 0 Å². The van der Waals surface area contributed by atoms with Crippen LogP contribution in [0.3, 0.4) is 0 Å². The van der Waals surface area contributed by atoms with Crippen LogP contribution < -0.4 is 9.62 Å². The molecule has 1 heterocycles. The number of hydrogen-bond acceptors (Lipinski definition) is 3. The van der Waals surface area contributed by atoms with Crippen LogP contribution in [0.5, 0.6) is 0 Å². The maximum absolute atomic E-state index is 13.7. The number of hydrogen-bond donors (Lipinski definition) is 1. The van der Waals surface area contributed by atoms with Crippen LogP contribution in [0.2, 0.25) is 0 Å². The molecule has 28 heavy (non-hydrogen) atoms. The molecule has 0 aliphatic carbocycles. The van der Waals surface area contributed by atoms with E-state index in [2.05, 4.69) is 33.9 Å². The molecule has 2 aromatic carbocycles. The average molecular weight is 409 g/mol. The SMILES string of the molecule is O=S(=O)(NCCCc1ccc(N2CCCCCC2)cc1)c1cc(F)ccc1F. The predicted molar refractivity (Wildman–Crippen MR) is 107 cm³/mol. The Bertz CT molecular complexity index is 878. The topological polar surface area (TPSA) is 49.4 Å². The zero-order valence-corrected chi connectivity index (χ0v) is 16.6. The Morgan fingerprint density at radius 3 is 2.29 bits per heavy atom. The molecule has 152 valence electrons. The Morgan fingerprint density at radius 1 is 0.929 bits per heavy atom. The monoisotopic (exact) mass is 408 g/mol. The summed E-state index contributed by atoms with van der Waals surface area (Å²) in [7, 11) is -4.06. The predicted octanol–water partition coefficient (Wildman–Crippen LogP) is 4.26. The molecule has 1 saturated heterocycles. The zero-order valence-electron chi connectivity index (χ0n) is 15.8. The third-order valence-electron chi connectivity index (χ3n) is 5.02. The third kappa shape index (κ3) is 5.52. The van der Waals surface area contributed by atoms with Gasteiger partial charge in [-0.2, -0.15) is 0 Å². The number of anilines is 1. The Kier molecular flexibility index (Phi) is 7.02. The molecule has 0 radical (unpaired) electrons. The summed E-state index contributed by atoms with van der Waals surface area (Å²) in [6, 6.07) is 10.8. The molecular formula is C21H26F2N2O2S. The minimum Gasteiger partial charge on any atom is -0.372 e. The van der Waals surface area contributed by atoms with Crippen molar-refractivity contribution in [3.63, 3.8) is 0 Å². The van der Waals surface area contributed by atoms with Crippen molar-refractivity contribution in [2.45, 2.75) is 43.4 Å². The van der Waals surface area contributed by atoms with E-state index < -0.39 is 26.6 Å². The lowest BCUT2D eigenvalue weighted by atomic mass is 10.1. The Balaban J connectivity index is 1.50. The van der Waals surface area contributed by atoms with E-state index in [1.54, 1.807) is 0 Å². The highest BCUT2D eigenvalue weighted by molar-refractivity contribution is 7.89. The van der Waals surface area contributed by atoms with E-state index in [0.717, 1.165) is 30.8 Å². The van der Waals surface area contributed by atoms with Crippen molar-refractivity contribution in [3.8, 4) is 0 Å². The zero-order chi connectivity index (χ0) is 20.0. The smallest absolute Gasteiger partial charge is 0.243 e. The van der Waals surface area contributed by atoms with Crippen molar-refractivity contribution in [3.05, 3.63) is 59.7 Å². The van der Waals surface area contributed by atoms with Gasteiger partial charge in [-0.3, -0.25) is 0 Å². The van der Waals surface area contributed by atoms with Gasteiger partial charge in [0, 0.05) is 25.3 Å². The molecule has 0 unspecified atom stereocenters. The normalized spacial score (nSPS) is 15.4. The van der Waals surface area contributed by atoms with Gasteiger partial charge in [0.05, 0.1) is 0 Å². The van der Waals surface area contributed by atoms with Gasteiger partial charge in [0.1, 0.15) is 16.5 Å². The summed E-state index contributed by atoms with van der Waals surface area (Å²) in [6.45, 7) is 2.35. The number of aryl methyl sites for hydroxylation is 1. The number of nitrogens with one attached hydrogen (secondary N) is 1. The van der Waals surface area contributed by atoms with E-state index in [9.17, 15) is 17.2 Å². The second-order valence-corrected chi connectivity index (χ2v) is 8.88. The van der Waals surface area contributed by atoms with Crippen LogP contribution in [-0.4, -0.2) is 28.1 Å². The number of nitrogens with zero attached hydrogens (tertiary/aromatic N) is 1. The Hall–Kier alpha value is -1.99. The van der Waals surface area contributed by atoms with E-state index >= 15 is 0 Å². The molecule has 3 rings (SSSR count). The first kappa shape index (κ1) is 20.7. The average Bonchev–Trinajstić information content (AvgIpc) is 2.97. The second kappa shape index (κ2) is 9.47. The highest BCUT2D eigenvalue weighted by Crippen LogP contribution is 2.20. The third-order valence-corrected chi connectivity index (χ3v) is 6.50. The van der Waals surface area contributed by atoms with Gasteiger partial charge in [0.15, 0.2) is 0 Å². The number of rotatable bonds is 7. The molecule has 2 aromatic rings. The van der Waals surface area contributed by atoms with Gasteiger partial charge < -0.3 is 4.90 Å². The van der Waals surface area contributed by atoms with Crippen molar-refractivity contribution in [2.75, 3.05) is 24.5 Å². The van der Waals surface area contributed by atoms with Gasteiger partial charge in [-0.15, -0.1) is 0 Å². The van der Waals surface area contributed by atoms with Crippen LogP contribution in [0.4, 0.5) is 14.5 Å².